The predicted octanol–water partition coefficient (Wildman–Crippen LogP) is 2.46. The molecule has 1 saturated heterocycles. The van der Waals surface area contributed by atoms with Crippen molar-refractivity contribution in [2.45, 2.75) is 25.3 Å². The monoisotopic (exact) mass is 314 g/mol. The van der Waals surface area contributed by atoms with Gasteiger partial charge in [-0.1, -0.05) is 0 Å². The maximum atomic E-state index is 13.0. The maximum absolute atomic E-state index is 13.0. The molecule has 0 aromatic heterocycles. The number of halogens is 2. The first-order valence-electron chi connectivity index (χ1n) is 6.13. The van der Waals surface area contributed by atoms with Gasteiger partial charge in [0.15, 0.2) is 0 Å². The van der Waals surface area contributed by atoms with E-state index in [0.29, 0.717) is 22.6 Å². The first-order chi connectivity index (χ1) is 8.66. The molecule has 3 nitrogen and oxygen atoms in total. The summed E-state index contributed by atoms with van der Waals surface area (Å²) in [6.07, 6.45) is 3.33. The lowest BCUT2D eigenvalue weighted by Gasteiger charge is -2.10. The number of rotatable bonds is 4. The molecule has 0 spiro atoms. The summed E-state index contributed by atoms with van der Waals surface area (Å²) in [6, 6.07) is 4.80. The summed E-state index contributed by atoms with van der Waals surface area (Å²) in [7, 11) is 0. The molecule has 1 fully saturated rings. The van der Waals surface area contributed by atoms with Crippen molar-refractivity contribution in [1.29, 1.82) is 0 Å². The molecule has 0 aliphatic carbocycles. The number of benzene rings is 1. The molecule has 1 aromatic rings. The van der Waals surface area contributed by atoms with Crippen LogP contribution in [-0.2, 0) is 0 Å². The van der Waals surface area contributed by atoms with Crippen LogP contribution < -0.4 is 10.6 Å². The summed E-state index contributed by atoms with van der Waals surface area (Å²) in [4.78, 5) is 11.8. The molecule has 1 atom stereocenters. The van der Waals surface area contributed by atoms with Crippen LogP contribution in [0.2, 0.25) is 0 Å². The summed E-state index contributed by atoms with van der Waals surface area (Å²) in [5.74, 6) is -0.518. The van der Waals surface area contributed by atoms with E-state index in [0.717, 1.165) is 13.0 Å². The quantitative estimate of drug-likeness (QED) is 0.896. The second-order valence-corrected chi connectivity index (χ2v) is 5.32. The summed E-state index contributed by atoms with van der Waals surface area (Å²) in [6.45, 7) is 1.72. The third-order valence-corrected chi connectivity index (χ3v) is 3.73. The Morgan fingerprint density at radius 3 is 3.06 bits per heavy atom. The fraction of sp³-hybridized carbons (Fsp3) is 0.462. The highest BCUT2D eigenvalue weighted by Gasteiger charge is 2.14. The van der Waals surface area contributed by atoms with Crippen molar-refractivity contribution in [2.75, 3.05) is 13.1 Å². The van der Waals surface area contributed by atoms with Gasteiger partial charge in [-0.25, -0.2) is 4.39 Å². The molecule has 18 heavy (non-hydrogen) atoms. The van der Waals surface area contributed by atoms with Crippen LogP contribution in [0, 0.1) is 5.82 Å². The predicted molar refractivity (Wildman–Crippen MR) is 72.1 cm³/mol. The molecule has 1 amide bonds. The molecule has 0 saturated carbocycles. The fourth-order valence-electron chi connectivity index (χ4n) is 2.10. The van der Waals surface area contributed by atoms with E-state index in [1.807, 2.05) is 0 Å². The molecular formula is C13H16BrFN2O. The molecule has 2 rings (SSSR count). The van der Waals surface area contributed by atoms with Gasteiger partial charge in [0.1, 0.15) is 5.82 Å². The zero-order valence-electron chi connectivity index (χ0n) is 10.0. The zero-order chi connectivity index (χ0) is 13.0. The molecule has 1 aliphatic rings. The molecule has 1 aromatic carbocycles. The Morgan fingerprint density at radius 2 is 2.39 bits per heavy atom. The molecule has 5 heteroatoms. The standard InChI is InChI=1S/C13H16BrFN2O/c14-11-8-9(3-4-12(11)15)13(18)17-7-5-10-2-1-6-16-10/h3-4,8,10,16H,1-2,5-7H2,(H,17,18)/t10-/m0/s1. The lowest BCUT2D eigenvalue weighted by atomic mass is 10.1. The molecule has 0 bridgehead atoms. The van der Waals surface area contributed by atoms with Gasteiger partial charge in [-0.05, 0) is 59.9 Å². The second-order valence-electron chi connectivity index (χ2n) is 4.47. The highest BCUT2D eigenvalue weighted by molar-refractivity contribution is 9.10. The van der Waals surface area contributed by atoms with Crippen LogP contribution in [0.4, 0.5) is 4.39 Å². The summed E-state index contributed by atoms with van der Waals surface area (Å²) in [5, 5.41) is 6.23. The van der Waals surface area contributed by atoms with Gasteiger partial charge in [0.2, 0.25) is 0 Å². The van der Waals surface area contributed by atoms with Gasteiger partial charge < -0.3 is 10.6 Å². The topological polar surface area (TPSA) is 41.1 Å². The van der Waals surface area contributed by atoms with E-state index < -0.39 is 0 Å². The van der Waals surface area contributed by atoms with Gasteiger partial charge >= 0.3 is 0 Å². The van der Waals surface area contributed by atoms with E-state index in [-0.39, 0.29) is 11.7 Å². The van der Waals surface area contributed by atoms with E-state index in [9.17, 15) is 9.18 Å². The first-order valence-corrected chi connectivity index (χ1v) is 6.93. The third kappa shape index (κ3) is 3.53. The van der Waals surface area contributed by atoms with Crippen LogP contribution in [0.25, 0.3) is 0 Å². The molecule has 2 N–H and O–H groups in total. The molecular weight excluding hydrogens is 299 g/mol. The Balaban J connectivity index is 1.81. The third-order valence-electron chi connectivity index (χ3n) is 3.12. The smallest absolute Gasteiger partial charge is 0.251 e. The Hall–Kier alpha value is -0.940. The van der Waals surface area contributed by atoms with Gasteiger partial charge in [0, 0.05) is 18.2 Å². The van der Waals surface area contributed by atoms with E-state index >= 15 is 0 Å². The van der Waals surface area contributed by atoms with E-state index in [1.165, 1.54) is 31.0 Å². The molecule has 0 unspecified atom stereocenters. The van der Waals surface area contributed by atoms with Crippen LogP contribution >= 0.6 is 15.9 Å². The van der Waals surface area contributed by atoms with Gasteiger partial charge in [-0.15, -0.1) is 0 Å². The van der Waals surface area contributed by atoms with E-state index in [1.54, 1.807) is 0 Å². The number of hydrogen-bond acceptors (Lipinski definition) is 2. The molecule has 0 radical (unpaired) electrons. The van der Waals surface area contributed by atoms with E-state index in [4.69, 9.17) is 0 Å². The number of amides is 1. The summed E-state index contributed by atoms with van der Waals surface area (Å²) >= 11 is 3.07. The van der Waals surface area contributed by atoms with Gasteiger partial charge in [-0.2, -0.15) is 0 Å². The highest BCUT2D eigenvalue weighted by Crippen LogP contribution is 2.16. The molecule has 1 aliphatic heterocycles. The van der Waals surface area contributed by atoms with Crippen molar-refractivity contribution >= 4 is 21.8 Å². The van der Waals surface area contributed by atoms with Crippen molar-refractivity contribution in [3.63, 3.8) is 0 Å². The minimum atomic E-state index is -0.360. The van der Waals surface area contributed by atoms with Crippen LogP contribution in [0.1, 0.15) is 29.6 Å². The van der Waals surface area contributed by atoms with Crippen molar-refractivity contribution in [2.24, 2.45) is 0 Å². The van der Waals surface area contributed by atoms with E-state index in [2.05, 4.69) is 26.6 Å². The number of carbonyl (C=O) groups excluding carboxylic acids is 1. The SMILES string of the molecule is O=C(NCC[C@@H]1CCCN1)c1ccc(F)c(Br)c1. The highest BCUT2D eigenvalue weighted by atomic mass is 79.9. The van der Waals surface area contributed by atoms with Crippen molar-refractivity contribution in [3.8, 4) is 0 Å². The molecule has 1 heterocycles. The van der Waals surface area contributed by atoms with Crippen LogP contribution in [0.15, 0.2) is 22.7 Å². The van der Waals surface area contributed by atoms with Crippen molar-refractivity contribution in [1.82, 2.24) is 10.6 Å². The van der Waals surface area contributed by atoms with Gasteiger partial charge in [0.25, 0.3) is 5.91 Å². The van der Waals surface area contributed by atoms with Crippen molar-refractivity contribution < 1.29 is 9.18 Å². The Morgan fingerprint density at radius 1 is 1.56 bits per heavy atom. The van der Waals surface area contributed by atoms with Crippen LogP contribution in [0.5, 0.6) is 0 Å². The zero-order valence-corrected chi connectivity index (χ0v) is 11.6. The lowest BCUT2D eigenvalue weighted by molar-refractivity contribution is 0.0952. The number of carbonyl (C=O) groups is 1. The maximum Gasteiger partial charge on any atom is 0.251 e. The summed E-state index contributed by atoms with van der Waals surface area (Å²) in [5.41, 5.74) is 0.475. The minimum absolute atomic E-state index is 0.159. The fourth-order valence-corrected chi connectivity index (χ4v) is 2.48. The minimum Gasteiger partial charge on any atom is -0.352 e. The number of hydrogen-bond donors (Lipinski definition) is 2. The summed E-state index contributed by atoms with van der Waals surface area (Å²) < 4.78 is 13.3. The van der Waals surface area contributed by atoms with Crippen molar-refractivity contribution in [3.05, 3.63) is 34.1 Å². The Kier molecular flexibility index (Phi) is 4.72. The average molecular weight is 315 g/mol. The van der Waals surface area contributed by atoms with Crippen LogP contribution in [0.3, 0.4) is 0 Å². The Bertz CT molecular complexity index is 433. The van der Waals surface area contributed by atoms with Gasteiger partial charge in [-0.3, -0.25) is 4.79 Å². The second kappa shape index (κ2) is 6.29. The normalized spacial score (nSPS) is 18.9. The number of nitrogens with one attached hydrogen (secondary N) is 2. The average Bonchev–Trinajstić information content (AvgIpc) is 2.85. The van der Waals surface area contributed by atoms with Crippen LogP contribution in [-0.4, -0.2) is 25.0 Å². The first kappa shape index (κ1) is 13.5. The largest absolute Gasteiger partial charge is 0.352 e. The molecule has 98 valence electrons. The lowest BCUT2D eigenvalue weighted by Crippen LogP contribution is -2.30. The van der Waals surface area contributed by atoms with Gasteiger partial charge in [0.05, 0.1) is 4.47 Å². The Labute approximate surface area is 114 Å².